The number of rotatable bonds is 3. The van der Waals surface area contributed by atoms with Crippen molar-refractivity contribution in [2.24, 2.45) is 0 Å². The van der Waals surface area contributed by atoms with Crippen molar-refractivity contribution >= 4 is 5.97 Å². The predicted molar refractivity (Wildman–Crippen MR) is 70.5 cm³/mol. The largest absolute Gasteiger partial charge is 0.477 e. The fraction of sp³-hybridized carbons (Fsp3) is 0.733. The van der Waals surface area contributed by atoms with Crippen LogP contribution in [-0.2, 0) is 0 Å². The van der Waals surface area contributed by atoms with Crippen molar-refractivity contribution in [1.29, 1.82) is 0 Å². The third-order valence-corrected chi connectivity index (χ3v) is 4.68. The highest BCUT2D eigenvalue weighted by Gasteiger charge is 2.33. The molecule has 1 aromatic heterocycles. The minimum absolute atomic E-state index is 0.274. The highest BCUT2D eigenvalue weighted by atomic mass is 16.5. The molecule has 0 spiro atoms. The van der Waals surface area contributed by atoms with Crippen LogP contribution in [0.25, 0.3) is 0 Å². The SMILES string of the molecule is O=C(O)c1c(C2CCCCC2)noc1C1CCCC1. The van der Waals surface area contributed by atoms with Crippen molar-refractivity contribution in [3.63, 3.8) is 0 Å². The summed E-state index contributed by atoms with van der Waals surface area (Å²) in [6.45, 7) is 0. The van der Waals surface area contributed by atoms with Crippen molar-refractivity contribution in [2.45, 2.75) is 69.6 Å². The summed E-state index contributed by atoms with van der Waals surface area (Å²) >= 11 is 0. The first-order valence-corrected chi connectivity index (χ1v) is 7.50. The second-order valence-corrected chi connectivity index (χ2v) is 5.93. The van der Waals surface area contributed by atoms with Crippen LogP contribution in [0.5, 0.6) is 0 Å². The van der Waals surface area contributed by atoms with Crippen LogP contribution in [0.3, 0.4) is 0 Å². The van der Waals surface area contributed by atoms with Gasteiger partial charge in [0, 0.05) is 11.8 Å². The molecule has 0 unspecified atom stereocenters. The molecule has 19 heavy (non-hydrogen) atoms. The Morgan fingerprint density at radius 2 is 1.58 bits per heavy atom. The highest BCUT2D eigenvalue weighted by molar-refractivity contribution is 5.90. The van der Waals surface area contributed by atoms with Gasteiger partial charge in [-0.1, -0.05) is 37.3 Å². The zero-order valence-electron chi connectivity index (χ0n) is 11.2. The Kier molecular flexibility index (Phi) is 3.58. The van der Waals surface area contributed by atoms with E-state index in [1.54, 1.807) is 0 Å². The number of nitrogens with zero attached hydrogens (tertiary/aromatic N) is 1. The van der Waals surface area contributed by atoms with E-state index >= 15 is 0 Å². The van der Waals surface area contributed by atoms with E-state index in [0.717, 1.165) is 25.7 Å². The molecule has 1 aromatic rings. The molecule has 4 nitrogen and oxygen atoms in total. The topological polar surface area (TPSA) is 63.3 Å². The zero-order chi connectivity index (χ0) is 13.2. The minimum atomic E-state index is -0.858. The van der Waals surface area contributed by atoms with Gasteiger partial charge in [-0.15, -0.1) is 0 Å². The maximum atomic E-state index is 11.6. The lowest BCUT2D eigenvalue weighted by Gasteiger charge is -2.19. The third kappa shape index (κ3) is 2.40. The molecule has 1 N–H and O–H groups in total. The molecule has 0 aliphatic heterocycles. The fourth-order valence-corrected chi connectivity index (χ4v) is 3.65. The second-order valence-electron chi connectivity index (χ2n) is 5.93. The summed E-state index contributed by atoms with van der Waals surface area (Å²) in [5, 5.41) is 13.7. The molecule has 1 heterocycles. The van der Waals surface area contributed by atoms with Gasteiger partial charge in [0.1, 0.15) is 11.3 Å². The van der Waals surface area contributed by atoms with E-state index in [1.165, 1.54) is 32.1 Å². The molecule has 3 rings (SSSR count). The van der Waals surface area contributed by atoms with Gasteiger partial charge >= 0.3 is 5.97 Å². The molecule has 0 radical (unpaired) electrons. The zero-order valence-corrected chi connectivity index (χ0v) is 11.2. The number of aromatic nitrogens is 1. The Hall–Kier alpha value is -1.32. The lowest BCUT2D eigenvalue weighted by atomic mass is 9.84. The Morgan fingerprint density at radius 3 is 2.21 bits per heavy atom. The van der Waals surface area contributed by atoms with Crippen LogP contribution in [0, 0.1) is 0 Å². The smallest absolute Gasteiger partial charge is 0.341 e. The number of carbonyl (C=O) groups is 1. The molecule has 2 saturated carbocycles. The number of carboxylic acids is 1. The van der Waals surface area contributed by atoms with Gasteiger partial charge < -0.3 is 9.63 Å². The Balaban J connectivity index is 1.93. The third-order valence-electron chi connectivity index (χ3n) is 4.68. The van der Waals surface area contributed by atoms with Gasteiger partial charge in [-0.3, -0.25) is 0 Å². The van der Waals surface area contributed by atoms with Crippen molar-refractivity contribution < 1.29 is 14.4 Å². The van der Waals surface area contributed by atoms with Gasteiger partial charge in [0.2, 0.25) is 0 Å². The quantitative estimate of drug-likeness (QED) is 0.892. The molecular weight excluding hydrogens is 242 g/mol. The van der Waals surface area contributed by atoms with Crippen LogP contribution in [0.4, 0.5) is 0 Å². The van der Waals surface area contributed by atoms with Crippen molar-refractivity contribution in [3.8, 4) is 0 Å². The van der Waals surface area contributed by atoms with E-state index in [2.05, 4.69) is 5.16 Å². The molecule has 4 heteroatoms. The predicted octanol–water partition coefficient (Wildman–Crippen LogP) is 4.08. The lowest BCUT2D eigenvalue weighted by Crippen LogP contribution is -2.11. The molecule has 0 amide bonds. The highest BCUT2D eigenvalue weighted by Crippen LogP contribution is 2.40. The minimum Gasteiger partial charge on any atom is -0.477 e. The Labute approximate surface area is 113 Å². The van der Waals surface area contributed by atoms with Gasteiger partial charge in [-0.25, -0.2) is 4.79 Å². The second kappa shape index (κ2) is 5.35. The first-order valence-electron chi connectivity index (χ1n) is 7.50. The monoisotopic (exact) mass is 263 g/mol. The van der Waals surface area contributed by atoms with Crippen molar-refractivity contribution in [3.05, 3.63) is 17.0 Å². The van der Waals surface area contributed by atoms with Crippen LogP contribution in [-0.4, -0.2) is 16.2 Å². The molecule has 104 valence electrons. The van der Waals surface area contributed by atoms with Crippen molar-refractivity contribution in [1.82, 2.24) is 5.16 Å². The maximum Gasteiger partial charge on any atom is 0.341 e. The number of carboxylic acid groups (broad SMARTS) is 1. The maximum absolute atomic E-state index is 11.6. The first-order chi connectivity index (χ1) is 9.27. The van der Waals surface area contributed by atoms with Gasteiger partial charge in [0.15, 0.2) is 5.76 Å². The van der Waals surface area contributed by atoms with Crippen LogP contribution in [0.2, 0.25) is 0 Å². The first kappa shape index (κ1) is 12.7. The Bertz CT molecular complexity index is 454. The van der Waals surface area contributed by atoms with Gasteiger partial charge in [-0.05, 0) is 25.7 Å². The molecule has 0 aromatic carbocycles. The number of hydrogen-bond donors (Lipinski definition) is 1. The average Bonchev–Trinajstić information content (AvgIpc) is 3.08. The van der Waals surface area contributed by atoms with Crippen LogP contribution < -0.4 is 0 Å². The fourth-order valence-electron chi connectivity index (χ4n) is 3.65. The molecule has 2 fully saturated rings. The van der Waals surface area contributed by atoms with Gasteiger partial charge in [0.05, 0.1) is 0 Å². The summed E-state index contributed by atoms with van der Waals surface area (Å²) in [4.78, 5) is 11.6. The summed E-state index contributed by atoms with van der Waals surface area (Å²) in [5.41, 5.74) is 1.10. The summed E-state index contributed by atoms with van der Waals surface area (Å²) in [5.74, 6) is 0.351. The van der Waals surface area contributed by atoms with E-state index in [0.29, 0.717) is 22.9 Å². The molecule has 0 bridgehead atoms. The molecule has 2 aliphatic rings. The van der Waals surface area contributed by atoms with E-state index in [-0.39, 0.29) is 5.92 Å². The van der Waals surface area contributed by atoms with Crippen molar-refractivity contribution in [2.75, 3.05) is 0 Å². The van der Waals surface area contributed by atoms with Crippen LogP contribution >= 0.6 is 0 Å². The molecule has 0 atom stereocenters. The van der Waals surface area contributed by atoms with E-state index in [9.17, 15) is 9.90 Å². The van der Waals surface area contributed by atoms with Crippen LogP contribution in [0.15, 0.2) is 4.52 Å². The van der Waals surface area contributed by atoms with E-state index < -0.39 is 5.97 Å². The molecule has 0 saturated heterocycles. The molecular formula is C15H21NO3. The standard InChI is InChI=1S/C15H21NO3/c17-15(18)12-13(10-6-2-1-3-7-10)16-19-14(12)11-8-4-5-9-11/h10-11H,1-9H2,(H,17,18). The average molecular weight is 263 g/mol. The van der Waals surface area contributed by atoms with Crippen LogP contribution in [0.1, 0.15) is 91.4 Å². The number of aromatic carboxylic acids is 1. The van der Waals surface area contributed by atoms with Gasteiger partial charge in [-0.2, -0.15) is 0 Å². The number of hydrogen-bond acceptors (Lipinski definition) is 3. The summed E-state index contributed by atoms with van der Waals surface area (Å²) in [7, 11) is 0. The van der Waals surface area contributed by atoms with E-state index in [4.69, 9.17) is 4.52 Å². The summed E-state index contributed by atoms with van der Waals surface area (Å²) in [6.07, 6.45) is 10.1. The van der Waals surface area contributed by atoms with E-state index in [1.807, 2.05) is 0 Å². The lowest BCUT2D eigenvalue weighted by molar-refractivity contribution is 0.0691. The van der Waals surface area contributed by atoms with Gasteiger partial charge in [0.25, 0.3) is 0 Å². The summed E-state index contributed by atoms with van der Waals surface area (Å²) < 4.78 is 5.46. The summed E-state index contributed by atoms with van der Waals surface area (Å²) in [6, 6.07) is 0. The molecule has 2 aliphatic carbocycles. The normalized spacial score (nSPS) is 21.9. The Morgan fingerprint density at radius 1 is 1.00 bits per heavy atom.